The van der Waals surface area contributed by atoms with Gasteiger partial charge in [0.25, 0.3) is 5.56 Å². The summed E-state index contributed by atoms with van der Waals surface area (Å²) in [5, 5.41) is 0. The SMILES string of the molecule is CCCCn1c(=O)[nH]c(=O)c2c1nc(CN1CCN(Cc3ccc(OC(F)(F)F)cc3)CC1)n2C. The van der Waals surface area contributed by atoms with Crippen LogP contribution in [0.3, 0.4) is 0 Å². The number of piperazine rings is 1. The molecule has 1 aliphatic rings. The van der Waals surface area contributed by atoms with E-state index in [0.29, 0.717) is 30.8 Å². The summed E-state index contributed by atoms with van der Waals surface area (Å²) in [6.07, 6.45) is -2.97. The molecule has 1 aromatic carbocycles. The van der Waals surface area contributed by atoms with Crippen LogP contribution in [0.25, 0.3) is 11.2 Å². The average molecular weight is 495 g/mol. The van der Waals surface area contributed by atoms with Crippen molar-refractivity contribution in [1.82, 2.24) is 28.9 Å². The molecular weight excluding hydrogens is 465 g/mol. The van der Waals surface area contributed by atoms with Gasteiger partial charge < -0.3 is 9.30 Å². The standard InChI is InChI=1S/C23H29F3N6O3/c1-3-4-9-32-20-19(21(33)28-22(32)34)29(2)18(27-20)15-31-12-10-30(11-13-31)14-16-5-7-17(8-6-16)35-23(24,25)26/h5-8H,3-4,9-15H2,1-2H3,(H,28,33,34). The number of H-pyrrole nitrogens is 1. The number of alkyl halides is 3. The maximum absolute atomic E-state index is 12.4. The van der Waals surface area contributed by atoms with E-state index < -0.39 is 17.6 Å². The molecule has 0 unspecified atom stereocenters. The van der Waals surface area contributed by atoms with Crippen LogP contribution in [0.4, 0.5) is 13.2 Å². The largest absolute Gasteiger partial charge is 0.573 e. The second-order valence-electron chi connectivity index (χ2n) is 8.77. The number of aromatic amines is 1. The normalized spacial score (nSPS) is 15.7. The Kier molecular flexibility index (Phi) is 7.31. The molecule has 1 saturated heterocycles. The van der Waals surface area contributed by atoms with Crippen molar-refractivity contribution in [2.24, 2.45) is 7.05 Å². The molecule has 0 radical (unpaired) electrons. The van der Waals surface area contributed by atoms with E-state index >= 15 is 0 Å². The van der Waals surface area contributed by atoms with Crippen LogP contribution in [0.5, 0.6) is 5.75 Å². The number of ether oxygens (including phenoxy) is 1. The van der Waals surface area contributed by atoms with E-state index in [-0.39, 0.29) is 5.75 Å². The molecule has 2 aromatic heterocycles. The van der Waals surface area contributed by atoms with E-state index in [1.54, 1.807) is 23.7 Å². The molecule has 4 rings (SSSR count). The number of imidazole rings is 1. The Balaban J connectivity index is 1.38. The fraction of sp³-hybridized carbons (Fsp3) is 0.522. The van der Waals surface area contributed by atoms with Crippen molar-refractivity contribution in [1.29, 1.82) is 0 Å². The van der Waals surface area contributed by atoms with Crippen molar-refractivity contribution in [2.75, 3.05) is 26.2 Å². The molecule has 190 valence electrons. The van der Waals surface area contributed by atoms with Gasteiger partial charge in [-0.15, -0.1) is 13.2 Å². The topological polar surface area (TPSA) is 88.4 Å². The number of fused-ring (bicyclic) bond motifs is 1. The average Bonchev–Trinajstić information content (AvgIpc) is 3.11. The maximum Gasteiger partial charge on any atom is 0.573 e. The highest BCUT2D eigenvalue weighted by molar-refractivity contribution is 5.70. The monoisotopic (exact) mass is 494 g/mol. The third kappa shape index (κ3) is 5.93. The van der Waals surface area contributed by atoms with Gasteiger partial charge in [-0.2, -0.15) is 0 Å². The maximum atomic E-state index is 12.4. The predicted octanol–water partition coefficient (Wildman–Crippen LogP) is 2.44. The molecule has 3 heterocycles. The van der Waals surface area contributed by atoms with Crippen LogP contribution >= 0.6 is 0 Å². The highest BCUT2D eigenvalue weighted by Gasteiger charge is 2.31. The lowest BCUT2D eigenvalue weighted by atomic mass is 10.2. The zero-order valence-corrected chi connectivity index (χ0v) is 19.8. The second-order valence-corrected chi connectivity index (χ2v) is 8.77. The van der Waals surface area contributed by atoms with Gasteiger partial charge in [-0.3, -0.25) is 24.1 Å². The van der Waals surface area contributed by atoms with Crippen LogP contribution in [0, 0.1) is 0 Å². The molecule has 12 heteroatoms. The molecule has 1 aliphatic heterocycles. The quantitative estimate of drug-likeness (QED) is 0.518. The Morgan fingerprint density at radius 1 is 1.03 bits per heavy atom. The van der Waals surface area contributed by atoms with Gasteiger partial charge in [0, 0.05) is 46.3 Å². The van der Waals surface area contributed by atoms with Crippen molar-refractivity contribution < 1.29 is 17.9 Å². The number of rotatable bonds is 8. The summed E-state index contributed by atoms with van der Waals surface area (Å²) in [7, 11) is 1.79. The number of hydrogen-bond acceptors (Lipinski definition) is 6. The Morgan fingerprint density at radius 3 is 2.26 bits per heavy atom. The number of halogens is 3. The van der Waals surface area contributed by atoms with Crippen molar-refractivity contribution in [3.63, 3.8) is 0 Å². The summed E-state index contributed by atoms with van der Waals surface area (Å²) in [4.78, 5) is 36.3. The summed E-state index contributed by atoms with van der Waals surface area (Å²) in [5.74, 6) is 0.488. The molecular formula is C23H29F3N6O3. The van der Waals surface area contributed by atoms with Crippen molar-refractivity contribution in [2.45, 2.75) is 45.8 Å². The van der Waals surface area contributed by atoms with Gasteiger partial charge in [-0.05, 0) is 24.1 Å². The molecule has 0 saturated carbocycles. The van der Waals surface area contributed by atoms with Gasteiger partial charge in [-0.25, -0.2) is 9.78 Å². The minimum atomic E-state index is -4.70. The Morgan fingerprint density at radius 2 is 1.66 bits per heavy atom. The summed E-state index contributed by atoms with van der Waals surface area (Å²) in [6.45, 7) is 6.83. The molecule has 0 spiro atoms. The fourth-order valence-electron chi connectivity index (χ4n) is 4.32. The Labute approximate surface area is 199 Å². The first-order valence-electron chi connectivity index (χ1n) is 11.6. The molecule has 1 N–H and O–H groups in total. The molecule has 3 aromatic rings. The van der Waals surface area contributed by atoms with Crippen LogP contribution in [0.15, 0.2) is 33.9 Å². The second kappa shape index (κ2) is 10.2. The molecule has 0 amide bonds. The van der Waals surface area contributed by atoms with Gasteiger partial charge in [0.15, 0.2) is 11.2 Å². The number of hydrogen-bond donors (Lipinski definition) is 1. The number of nitrogens with zero attached hydrogens (tertiary/aromatic N) is 5. The van der Waals surface area contributed by atoms with E-state index in [2.05, 4.69) is 24.5 Å². The molecule has 0 bridgehead atoms. The summed E-state index contributed by atoms with van der Waals surface area (Å²) >= 11 is 0. The van der Waals surface area contributed by atoms with E-state index in [9.17, 15) is 22.8 Å². The molecule has 0 atom stereocenters. The van der Waals surface area contributed by atoms with E-state index in [1.807, 2.05) is 6.92 Å². The molecule has 35 heavy (non-hydrogen) atoms. The molecule has 1 fully saturated rings. The van der Waals surface area contributed by atoms with Crippen LogP contribution < -0.4 is 16.0 Å². The number of unbranched alkanes of at least 4 members (excludes halogenated alkanes) is 1. The third-order valence-electron chi connectivity index (χ3n) is 6.23. The molecule has 0 aliphatic carbocycles. The van der Waals surface area contributed by atoms with Crippen molar-refractivity contribution >= 4 is 11.2 Å². The first-order valence-corrected chi connectivity index (χ1v) is 11.6. The lowest BCUT2D eigenvalue weighted by Gasteiger charge is -2.34. The fourth-order valence-corrected chi connectivity index (χ4v) is 4.32. The first kappa shape index (κ1) is 25.0. The van der Waals surface area contributed by atoms with Crippen molar-refractivity contribution in [3.05, 3.63) is 56.5 Å². The van der Waals surface area contributed by atoms with Crippen LogP contribution in [-0.4, -0.2) is 61.4 Å². The van der Waals surface area contributed by atoms with Gasteiger partial charge in [0.2, 0.25) is 0 Å². The lowest BCUT2D eigenvalue weighted by Crippen LogP contribution is -2.45. The zero-order chi connectivity index (χ0) is 25.2. The minimum absolute atomic E-state index is 0.229. The zero-order valence-electron chi connectivity index (χ0n) is 19.8. The minimum Gasteiger partial charge on any atom is -0.406 e. The van der Waals surface area contributed by atoms with Gasteiger partial charge in [0.1, 0.15) is 11.6 Å². The van der Waals surface area contributed by atoms with Gasteiger partial charge >= 0.3 is 12.1 Å². The van der Waals surface area contributed by atoms with E-state index in [4.69, 9.17) is 0 Å². The summed E-state index contributed by atoms with van der Waals surface area (Å²) in [6, 6.07) is 5.93. The highest BCUT2D eigenvalue weighted by Crippen LogP contribution is 2.23. The van der Waals surface area contributed by atoms with E-state index in [1.165, 1.54) is 16.7 Å². The highest BCUT2D eigenvalue weighted by atomic mass is 19.4. The lowest BCUT2D eigenvalue weighted by molar-refractivity contribution is -0.274. The van der Waals surface area contributed by atoms with Crippen molar-refractivity contribution in [3.8, 4) is 5.75 Å². The number of benzene rings is 1. The number of aryl methyl sites for hydroxylation is 2. The van der Waals surface area contributed by atoms with Gasteiger partial charge in [-0.1, -0.05) is 25.5 Å². The van der Waals surface area contributed by atoms with Crippen LogP contribution in [0.2, 0.25) is 0 Å². The Hall–Kier alpha value is -3.12. The van der Waals surface area contributed by atoms with Crippen LogP contribution in [-0.2, 0) is 26.7 Å². The Bertz CT molecular complexity index is 1270. The number of aromatic nitrogens is 4. The number of nitrogens with one attached hydrogen (secondary N) is 1. The molecule has 9 nitrogen and oxygen atoms in total. The third-order valence-corrected chi connectivity index (χ3v) is 6.23. The van der Waals surface area contributed by atoms with E-state index in [0.717, 1.165) is 50.4 Å². The van der Waals surface area contributed by atoms with Gasteiger partial charge in [0.05, 0.1) is 6.54 Å². The predicted molar refractivity (Wildman–Crippen MR) is 124 cm³/mol. The van der Waals surface area contributed by atoms with Crippen LogP contribution in [0.1, 0.15) is 31.2 Å². The first-order chi connectivity index (χ1) is 16.6. The smallest absolute Gasteiger partial charge is 0.406 e. The summed E-state index contributed by atoms with van der Waals surface area (Å²) in [5.41, 5.74) is 0.851. The summed E-state index contributed by atoms with van der Waals surface area (Å²) < 4.78 is 44.2.